The molecule has 0 radical (unpaired) electrons. The third kappa shape index (κ3) is 1.52. The lowest BCUT2D eigenvalue weighted by Gasteiger charge is -2.06. The molecule has 1 rings (SSSR count). The Morgan fingerprint density at radius 3 is 2.82 bits per heavy atom. The van der Waals surface area contributed by atoms with Crippen molar-refractivity contribution in [2.45, 2.75) is 0 Å². The Labute approximate surface area is 63.9 Å². The van der Waals surface area contributed by atoms with E-state index >= 15 is 0 Å². The maximum absolute atomic E-state index is 8.53. The van der Waals surface area contributed by atoms with Crippen LogP contribution in [0, 0.1) is 11.3 Å². The Bertz CT molecular complexity index is 300. The minimum absolute atomic E-state index is 0.449. The van der Waals surface area contributed by atoms with Crippen LogP contribution >= 0.6 is 0 Å². The van der Waals surface area contributed by atoms with Crippen molar-refractivity contribution >= 4 is 5.69 Å². The van der Waals surface area contributed by atoms with Crippen molar-refractivity contribution < 1.29 is 0 Å². The third-order valence-corrected chi connectivity index (χ3v) is 1.22. The average Bonchev–Trinajstić information content (AvgIpc) is 2.06. The number of hydrogen-bond acceptors (Lipinski definition) is 2. The highest BCUT2D eigenvalue weighted by atomic mass is 15.4. The van der Waals surface area contributed by atoms with E-state index in [0.717, 1.165) is 0 Å². The summed E-state index contributed by atoms with van der Waals surface area (Å²) in [6.45, 7) is 0. The van der Waals surface area contributed by atoms with Crippen molar-refractivity contribution in [2.24, 2.45) is 5.22 Å². The molecule has 4 nitrogen and oxygen atoms in total. The first-order chi connectivity index (χ1) is 5.38. The Hall–Kier alpha value is -1.89. The van der Waals surface area contributed by atoms with Crippen LogP contribution in [0.5, 0.6) is 0 Å². The topological polar surface area (TPSA) is 70.5 Å². The van der Waals surface area contributed by atoms with Crippen molar-refractivity contribution in [2.75, 3.05) is 5.43 Å². The number of anilines is 1. The monoisotopic (exact) mass is 145 g/mol. The fraction of sp³-hybridized carbons (Fsp3) is 0. The predicted octanol–water partition coefficient (Wildman–Crippen LogP) is 1.91. The molecule has 0 aromatic heterocycles. The normalized spacial score (nSPS) is 8.27. The van der Waals surface area contributed by atoms with Gasteiger partial charge in [0.15, 0.2) is 0 Å². The van der Waals surface area contributed by atoms with Gasteiger partial charge in [0, 0.05) is 0 Å². The highest BCUT2D eigenvalue weighted by molar-refractivity contribution is 5.56. The molecule has 0 spiro atoms. The van der Waals surface area contributed by atoms with Crippen LogP contribution in [-0.2, 0) is 0 Å². The number of nitriles is 1. The molecular weight excluding hydrogens is 140 g/mol. The molecular formula is C7H5N4-. The molecule has 0 aliphatic heterocycles. The van der Waals surface area contributed by atoms with Gasteiger partial charge in [0.1, 0.15) is 0 Å². The predicted molar refractivity (Wildman–Crippen MR) is 40.6 cm³/mol. The van der Waals surface area contributed by atoms with Gasteiger partial charge in [-0.05, 0) is 11.8 Å². The molecule has 0 aliphatic carbocycles. The highest BCUT2D eigenvalue weighted by Gasteiger charge is 1.91. The lowest BCUT2D eigenvalue weighted by Crippen LogP contribution is -1.88. The lowest BCUT2D eigenvalue weighted by atomic mass is 10.2. The van der Waals surface area contributed by atoms with Crippen molar-refractivity contribution in [1.29, 1.82) is 5.26 Å². The molecule has 0 bridgehead atoms. The van der Waals surface area contributed by atoms with Crippen LogP contribution in [0.2, 0.25) is 0 Å². The molecule has 1 aromatic carbocycles. The number of para-hydroxylation sites is 1. The van der Waals surface area contributed by atoms with Gasteiger partial charge in [0.05, 0.1) is 11.6 Å². The van der Waals surface area contributed by atoms with Gasteiger partial charge in [0.25, 0.3) is 0 Å². The van der Waals surface area contributed by atoms with Crippen LogP contribution < -0.4 is 5.43 Å². The molecule has 4 heteroatoms. The zero-order chi connectivity index (χ0) is 8.10. The quantitative estimate of drug-likeness (QED) is 0.510. The zero-order valence-electron chi connectivity index (χ0n) is 5.65. The number of benzene rings is 1. The summed E-state index contributed by atoms with van der Waals surface area (Å²) in [6.07, 6.45) is 0. The van der Waals surface area contributed by atoms with E-state index in [0.29, 0.717) is 11.3 Å². The molecule has 11 heavy (non-hydrogen) atoms. The van der Waals surface area contributed by atoms with Gasteiger partial charge < -0.3 is 11.0 Å². The minimum atomic E-state index is 0.449. The van der Waals surface area contributed by atoms with Gasteiger partial charge in [-0.1, -0.05) is 18.2 Å². The van der Waals surface area contributed by atoms with Gasteiger partial charge >= 0.3 is 0 Å². The second-order valence-corrected chi connectivity index (χ2v) is 1.87. The summed E-state index contributed by atoms with van der Waals surface area (Å²) in [5.41, 5.74) is 11.4. The summed E-state index contributed by atoms with van der Waals surface area (Å²) >= 11 is 0. The number of nitrogens with zero attached hydrogens (tertiary/aromatic N) is 3. The fourth-order valence-corrected chi connectivity index (χ4v) is 0.732. The molecule has 0 atom stereocenters. The van der Waals surface area contributed by atoms with E-state index in [-0.39, 0.29) is 0 Å². The number of nitrogens with one attached hydrogen (secondary N) is 1. The maximum atomic E-state index is 8.53. The summed E-state index contributed by atoms with van der Waals surface area (Å²) in [5, 5.41) is 11.2. The largest absolute Gasteiger partial charge is 0.386 e. The summed E-state index contributed by atoms with van der Waals surface area (Å²) < 4.78 is 0. The van der Waals surface area contributed by atoms with Crippen LogP contribution in [0.15, 0.2) is 29.5 Å². The minimum Gasteiger partial charge on any atom is -0.386 e. The molecule has 0 aliphatic rings. The fourth-order valence-electron chi connectivity index (χ4n) is 0.732. The highest BCUT2D eigenvalue weighted by Crippen LogP contribution is 2.12. The molecule has 0 saturated heterocycles. The molecule has 1 N–H and O–H groups in total. The van der Waals surface area contributed by atoms with Gasteiger partial charge in [-0.25, -0.2) is 0 Å². The molecule has 0 saturated carbocycles. The summed E-state index contributed by atoms with van der Waals surface area (Å²) in [7, 11) is 0. The van der Waals surface area contributed by atoms with Gasteiger partial charge in [0.2, 0.25) is 0 Å². The van der Waals surface area contributed by atoms with E-state index in [1.807, 2.05) is 6.07 Å². The molecule has 0 amide bonds. The van der Waals surface area contributed by atoms with E-state index in [1.54, 1.807) is 24.3 Å². The van der Waals surface area contributed by atoms with Crippen molar-refractivity contribution in [3.8, 4) is 6.07 Å². The molecule has 1 aromatic rings. The average molecular weight is 145 g/mol. The van der Waals surface area contributed by atoms with E-state index in [2.05, 4.69) is 10.6 Å². The first-order valence-electron chi connectivity index (χ1n) is 2.97. The van der Waals surface area contributed by atoms with E-state index in [9.17, 15) is 0 Å². The van der Waals surface area contributed by atoms with E-state index in [4.69, 9.17) is 10.8 Å². The Morgan fingerprint density at radius 2 is 2.18 bits per heavy atom. The Balaban J connectivity index is 3.04. The van der Waals surface area contributed by atoms with Crippen LogP contribution in [0.25, 0.3) is 5.53 Å². The smallest absolute Gasteiger partial charge is 0.0994 e. The van der Waals surface area contributed by atoms with Crippen molar-refractivity contribution in [3.05, 3.63) is 35.4 Å². The summed E-state index contributed by atoms with van der Waals surface area (Å²) in [5.74, 6) is 0. The first-order valence-corrected chi connectivity index (χ1v) is 2.97. The van der Waals surface area contributed by atoms with Gasteiger partial charge in [-0.2, -0.15) is 5.26 Å². The van der Waals surface area contributed by atoms with Gasteiger partial charge in [-0.3, -0.25) is 5.22 Å². The summed E-state index contributed by atoms with van der Waals surface area (Å²) in [6, 6.07) is 8.71. The molecule has 0 unspecified atom stereocenters. The molecule has 54 valence electrons. The molecule has 0 heterocycles. The zero-order valence-corrected chi connectivity index (χ0v) is 5.65. The first kappa shape index (κ1) is 7.22. The second-order valence-electron chi connectivity index (χ2n) is 1.87. The van der Waals surface area contributed by atoms with Crippen LogP contribution in [0.4, 0.5) is 5.69 Å². The maximum Gasteiger partial charge on any atom is 0.0994 e. The third-order valence-electron chi connectivity index (χ3n) is 1.22. The van der Waals surface area contributed by atoms with Crippen LogP contribution in [0.1, 0.15) is 5.56 Å². The Kier molecular flexibility index (Phi) is 2.18. The van der Waals surface area contributed by atoms with Crippen LogP contribution in [0.3, 0.4) is 0 Å². The lowest BCUT2D eigenvalue weighted by molar-refractivity contribution is 1.30. The van der Waals surface area contributed by atoms with Crippen molar-refractivity contribution in [1.82, 2.24) is 0 Å². The second kappa shape index (κ2) is 3.32. The Morgan fingerprint density at radius 1 is 1.45 bits per heavy atom. The number of hydrogen-bond donors (Lipinski definition) is 1. The summed E-state index contributed by atoms with van der Waals surface area (Å²) in [4.78, 5) is 0. The molecule has 0 fully saturated rings. The van der Waals surface area contributed by atoms with E-state index < -0.39 is 0 Å². The number of rotatable bonds is 2. The van der Waals surface area contributed by atoms with Gasteiger partial charge in [-0.15, -0.1) is 0 Å². The van der Waals surface area contributed by atoms with Crippen molar-refractivity contribution in [3.63, 3.8) is 0 Å². The standard InChI is InChI=1S/C7H5N4/c8-5-6-3-1-2-4-7(6)10-11-9/h1-4H,(H-,9,10)/q-1. The SMILES string of the molecule is N#Cc1ccccc1NN=[N-]. The van der Waals surface area contributed by atoms with E-state index in [1.165, 1.54) is 0 Å². The van der Waals surface area contributed by atoms with Crippen LogP contribution in [-0.4, -0.2) is 0 Å².